The molecule has 2 unspecified atom stereocenters. The van der Waals surface area contributed by atoms with Gasteiger partial charge in [-0.1, -0.05) is 15.9 Å². The van der Waals surface area contributed by atoms with Crippen LogP contribution in [0.15, 0.2) is 27.1 Å². The fourth-order valence-electron chi connectivity index (χ4n) is 2.21. The minimum atomic E-state index is -0.250. The monoisotopic (exact) mass is 371 g/mol. The first kappa shape index (κ1) is 16.4. The van der Waals surface area contributed by atoms with E-state index < -0.39 is 0 Å². The first-order valence-electron chi connectivity index (χ1n) is 6.61. The van der Waals surface area contributed by atoms with Crippen molar-refractivity contribution in [2.45, 2.75) is 25.1 Å². The minimum absolute atomic E-state index is 0.0225. The molecule has 2 N–H and O–H groups in total. The first-order chi connectivity index (χ1) is 9.97. The van der Waals surface area contributed by atoms with Gasteiger partial charge in [0.1, 0.15) is 5.58 Å². The number of hydrogen-bond acceptors (Lipinski definition) is 4. The molecule has 0 fully saturated rings. The zero-order valence-electron chi connectivity index (χ0n) is 12.1. The predicted octanol–water partition coefficient (Wildman–Crippen LogP) is 3.35. The number of furan rings is 1. The minimum Gasteiger partial charge on any atom is -0.451 e. The molecule has 0 aliphatic heterocycles. The van der Waals surface area contributed by atoms with Gasteiger partial charge in [0.05, 0.1) is 6.61 Å². The molecule has 6 heteroatoms. The Bertz CT molecular complexity index is 652. The fraction of sp³-hybridized carbons (Fsp3) is 0.400. The zero-order chi connectivity index (χ0) is 15.6. The third-order valence-corrected chi connectivity index (χ3v) is 5.16. The molecule has 4 nitrogen and oxygen atoms in total. The highest BCUT2D eigenvalue weighted by Crippen LogP contribution is 2.28. The Kier molecular flexibility index (Phi) is 5.35. The number of carbonyl (C=O) groups is 1. The second-order valence-corrected chi connectivity index (χ2v) is 6.91. The zero-order valence-corrected chi connectivity index (χ0v) is 14.5. The molecule has 2 rings (SSSR count). The second-order valence-electron chi connectivity index (χ2n) is 4.92. The molecule has 114 valence electrons. The summed E-state index contributed by atoms with van der Waals surface area (Å²) in [6, 6.07) is 5.51. The van der Waals surface area contributed by atoms with Crippen LogP contribution in [0.4, 0.5) is 0 Å². The van der Waals surface area contributed by atoms with Crippen molar-refractivity contribution in [1.82, 2.24) is 5.32 Å². The molecule has 2 aromatic rings. The molecule has 1 heterocycles. The third-order valence-electron chi connectivity index (χ3n) is 3.50. The van der Waals surface area contributed by atoms with Gasteiger partial charge < -0.3 is 14.8 Å². The summed E-state index contributed by atoms with van der Waals surface area (Å²) in [7, 11) is 0. The second kappa shape index (κ2) is 6.85. The van der Waals surface area contributed by atoms with Gasteiger partial charge >= 0.3 is 0 Å². The molecule has 0 radical (unpaired) electrons. The number of benzene rings is 1. The van der Waals surface area contributed by atoms with Crippen LogP contribution in [-0.4, -0.2) is 35.2 Å². The van der Waals surface area contributed by atoms with Gasteiger partial charge in [-0.3, -0.25) is 4.79 Å². The highest BCUT2D eigenvalue weighted by atomic mass is 79.9. The Balaban J connectivity index is 2.25. The summed E-state index contributed by atoms with van der Waals surface area (Å²) in [6.45, 7) is 3.77. The van der Waals surface area contributed by atoms with E-state index in [4.69, 9.17) is 4.42 Å². The maximum atomic E-state index is 12.4. The Morgan fingerprint density at radius 2 is 2.24 bits per heavy atom. The van der Waals surface area contributed by atoms with Crippen molar-refractivity contribution in [3.63, 3.8) is 0 Å². The molecule has 0 aliphatic rings. The lowest BCUT2D eigenvalue weighted by Gasteiger charge is -2.20. The molecule has 1 aromatic carbocycles. The number of hydrogen-bond donors (Lipinski definition) is 2. The number of carbonyl (C=O) groups excluding carboxylic acids is 1. The number of fused-ring (bicyclic) bond motifs is 1. The van der Waals surface area contributed by atoms with E-state index in [1.54, 1.807) is 0 Å². The van der Waals surface area contributed by atoms with E-state index in [0.717, 1.165) is 15.4 Å². The highest BCUT2D eigenvalue weighted by molar-refractivity contribution is 9.10. The van der Waals surface area contributed by atoms with Crippen LogP contribution in [-0.2, 0) is 0 Å². The van der Waals surface area contributed by atoms with Gasteiger partial charge in [0, 0.05) is 26.7 Å². The van der Waals surface area contributed by atoms with Crippen LogP contribution in [0, 0.1) is 6.92 Å². The van der Waals surface area contributed by atoms with Crippen LogP contribution in [0.2, 0.25) is 0 Å². The number of aryl methyl sites for hydroxylation is 1. The number of aliphatic hydroxyl groups excluding tert-OH is 1. The molecule has 2 atom stereocenters. The lowest BCUT2D eigenvalue weighted by Crippen LogP contribution is -2.41. The maximum Gasteiger partial charge on any atom is 0.287 e. The van der Waals surface area contributed by atoms with Crippen LogP contribution in [0.25, 0.3) is 11.0 Å². The average molecular weight is 372 g/mol. The molecular weight excluding hydrogens is 354 g/mol. The normalized spacial score (nSPS) is 14.1. The van der Waals surface area contributed by atoms with Gasteiger partial charge in [-0.2, -0.15) is 11.8 Å². The van der Waals surface area contributed by atoms with Crippen molar-refractivity contribution >= 4 is 44.6 Å². The van der Waals surface area contributed by atoms with Gasteiger partial charge in [-0.15, -0.1) is 0 Å². The number of thioether (sulfide) groups is 1. The highest BCUT2D eigenvalue weighted by Gasteiger charge is 2.22. The quantitative estimate of drug-likeness (QED) is 0.845. The smallest absolute Gasteiger partial charge is 0.287 e. The summed E-state index contributed by atoms with van der Waals surface area (Å²) in [5, 5.41) is 13.1. The summed E-state index contributed by atoms with van der Waals surface area (Å²) in [5.41, 5.74) is 1.51. The van der Waals surface area contributed by atoms with E-state index in [0.29, 0.717) is 11.3 Å². The van der Waals surface area contributed by atoms with Gasteiger partial charge in [0.2, 0.25) is 0 Å². The Morgan fingerprint density at radius 1 is 1.52 bits per heavy atom. The van der Waals surface area contributed by atoms with Crippen molar-refractivity contribution in [1.29, 1.82) is 0 Å². The molecule has 0 saturated carbocycles. The Labute approximate surface area is 136 Å². The van der Waals surface area contributed by atoms with E-state index in [-0.39, 0.29) is 23.8 Å². The van der Waals surface area contributed by atoms with Gasteiger partial charge in [-0.05, 0) is 38.3 Å². The summed E-state index contributed by atoms with van der Waals surface area (Å²) in [6.07, 6.45) is 1.91. The van der Waals surface area contributed by atoms with Crippen molar-refractivity contribution in [3.8, 4) is 0 Å². The molecule has 0 spiro atoms. The van der Waals surface area contributed by atoms with E-state index >= 15 is 0 Å². The summed E-state index contributed by atoms with van der Waals surface area (Å²) in [4.78, 5) is 12.4. The summed E-state index contributed by atoms with van der Waals surface area (Å²) in [5.74, 6) is 0.0764. The molecule has 1 aromatic heterocycles. The van der Waals surface area contributed by atoms with Gasteiger partial charge in [-0.25, -0.2) is 0 Å². The molecule has 0 saturated heterocycles. The molecule has 21 heavy (non-hydrogen) atoms. The summed E-state index contributed by atoms with van der Waals surface area (Å²) < 4.78 is 6.61. The van der Waals surface area contributed by atoms with Crippen molar-refractivity contribution in [2.24, 2.45) is 0 Å². The van der Waals surface area contributed by atoms with Crippen molar-refractivity contribution < 1.29 is 14.3 Å². The Hall–Kier alpha value is -0.980. The topological polar surface area (TPSA) is 62.5 Å². The van der Waals surface area contributed by atoms with Gasteiger partial charge in [0.15, 0.2) is 5.76 Å². The third kappa shape index (κ3) is 3.44. The SMILES string of the molecule is CSC(CO)C(C)NC(=O)c1oc2ccc(Br)cc2c1C. The lowest BCUT2D eigenvalue weighted by atomic mass is 10.1. The van der Waals surface area contributed by atoms with E-state index in [1.165, 1.54) is 11.8 Å². The average Bonchev–Trinajstić information content (AvgIpc) is 2.77. The van der Waals surface area contributed by atoms with E-state index in [2.05, 4.69) is 21.2 Å². The number of halogens is 1. The molecule has 0 aliphatic carbocycles. The standard InChI is InChI=1S/C15H18BrNO3S/c1-8-11-6-10(16)4-5-12(11)20-14(8)15(19)17-9(2)13(7-18)21-3/h4-6,9,13,18H,7H2,1-3H3,(H,17,19). The molecular formula is C15H18BrNO3S. The first-order valence-corrected chi connectivity index (χ1v) is 8.69. The van der Waals surface area contributed by atoms with Gasteiger partial charge in [0.25, 0.3) is 5.91 Å². The van der Waals surface area contributed by atoms with Crippen LogP contribution in [0.1, 0.15) is 23.0 Å². The maximum absolute atomic E-state index is 12.4. The number of amides is 1. The van der Waals surface area contributed by atoms with Crippen molar-refractivity contribution in [3.05, 3.63) is 34.0 Å². The summed E-state index contributed by atoms with van der Waals surface area (Å²) >= 11 is 4.94. The number of nitrogens with one attached hydrogen (secondary N) is 1. The fourth-order valence-corrected chi connectivity index (χ4v) is 3.20. The predicted molar refractivity (Wildman–Crippen MR) is 90.0 cm³/mol. The van der Waals surface area contributed by atoms with Crippen LogP contribution in [0.3, 0.4) is 0 Å². The Morgan fingerprint density at radius 3 is 2.86 bits per heavy atom. The van der Waals surface area contributed by atoms with Crippen LogP contribution >= 0.6 is 27.7 Å². The largest absolute Gasteiger partial charge is 0.451 e. The molecule has 0 bridgehead atoms. The van der Waals surface area contributed by atoms with E-state index in [9.17, 15) is 9.90 Å². The molecule has 1 amide bonds. The van der Waals surface area contributed by atoms with E-state index in [1.807, 2.05) is 38.3 Å². The van der Waals surface area contributed by atoms with Crippen LogP contribution < -0.4 is 5.32 Å². The number of rotatable bonds is 5. The number of aliphatic hydroxyl groups is 1. The lowest BCUT2D eigenvalue weighted by molar-refractivity contribution is 0.0909. The van der Waals surface area contributed by atoms with Crippen molar-refractivity contribution in [2.75, 3.05) is 12.9 Å². The van der Waals surface area contributed by atoms with Crippen LogP contribution in [0.5, 0.6) is 0 Å².